The Kier molecular flexibility index (Phi) is 6.89. The molecule has 10 nitrogen and oxygen atoms in total. The summed E-state index contributed by atoms with van der Waals surface area (Å²) >= 11 is 0. The number of aromatic nitrogens is 4. The van der Waals surface area contributed by atoms with Gasteiger partial charge in [-0.1, -0.05) is 6.08 Å². The SMILES string of the molecule is CN(C)C/C=C/C(=O)Nc1cc(-c2cnc3[nH]cc(-c4ccnc(C#N)c4)c3c2)cnc1OC1COC1. The van der Waals surface area contributed by atoms with Crippen LogP contribution in [0.5, 0.6) is 5.88 Å². The Morgan fingerprint density at radius 3 is 2.78 bits per heavy atom. The maximum atomic E-state index is 12.6. The van der Waals surface area contributed by atoms with E-state index in [1.807, 2.05) is 43.4 Å². The molecule has 37 heavy (non-hydrogen) atoms. The summed E-state index contributed by atoms with van der Waals surface area (Å²) in [6.45, 7) is 1.62. The molecule has 1 aliphatic rings. The van der Waals surface area contributed by atoms with Gasteiger partial charge in [0.15, 0.2) is 0 Å². The van der Waals surface area contributed by atoms with E-state index in [1.54, 1.807) is 30.7 Å². The highest BCUT2D eigenvalue weighted by atomic mass is 16.6. The average Bonchev–Trinajstić information content (AvgIpc) is 3.30. The standard InChI is InChI=1S/C27H25N7O3/c1-34(2)7-3-4-25(35)33-24-10-19(13-32-27(24)37-21-15-36-16-21)18-9-22-23(14-31-26(22)30-12-18)17-5-6-29-20(8-17)11-28/h3-6,8-10,12-14,21H,7,15-16H2,1-2H3,(H,30,31)(H,33,35)/b4-3+. The summed E-state index contributed by atoms with van der Waals surface area (Å²) in [5, 5.41) is 13.0. The number of fused-ring (bicyclic) bond motifs is 1. The van der Waals surface area contributed by atoms with Crippen LogP contribution < -0.4 is 10.1 Å². The van der Waals surface area contributed by atoms with Crippen LogP contribution in [0.15, 0.2) is 61.2 Å². The Hall–Kier alpha value is -4.59. The molecule has 1 aliphatic heterocycles. The summed E-state index contributed by atoms with van der Waals surface area (Å²) in [6.07, 6.45) is 10.1. The highest BCUT2D eigenvalue weighted by Crippen LogP contribution is 2.33. The average molecular weight is 496 g/mol. The number of amides is 1. The first-order valence-corrected chi connectivity index (χ1v) is 11.7. The Labute approximate surface area is 213 Å². The van der Waals surface area contributed by atoms with Crippen LogP contribution in [-0.2, 0) is 9.53 Å². The monoisotopic (exact) mass is 495 g/mol. The molecule has 5 heterocycles. The molecule has 10 heteroatoms. The zero-order valence-corrected chi connectivity index (χ0v) is 20.4. The molecule has 4 aromatic heterocycles. The number of carbonyl (C=O) groups is 1. The molecule has 0 bridgehead atoms. The van der Waals surface area contributed by atoms with Crippen molar-refractivity contribution in [2.24, 2.45) is 0 Å². The number of hydrogen-bond acceptors (Lipinski definition) is 8. The number of hydrogen-bond donors (Lipinski definition) is 2. The van der Waals surface area contributed by atoms with E-state index >= 15 is 0 Å². The van der Waals surface area contributed by atoms with Crippen molar-refractivity contribution in [3.05, 3.63) is 66.9 Å². The van der Waals surface area contributed by atoms with E-state index in [2.05, 4.69) is 31.3 Å². The number of nitriles is 1. The van der Waals surface area contributed by atoms with E-state index in [9.17, 15) is 10.1 Å². The van der Waals surface area contributed by atoms with Crippen molar-refractivity contribution in [3.8, 4) is 34.2 Å². The number of pyridine rings is 3. The lowest BCUT2D eigenvalue weighted by atomic mass is 10.0. The van der Waals surface area contributed by atoms with Crippen LogP contribution in [-0.4, -0.2) is 70.7 Å². The predicted octanol–water partition coefficient (Wildman–Crippen LogP) is 3.39. The minimum absolute atomic E-state index is 0.0996. The summed E-state index contributed by atoms with van der Waals surface area (Å²) in [7, 11) is 3.86. The molecule has 5 rings (SSSR count). The van der Waals surface area contributed by atoms with Gasteiger partial charge in [0.2, 0.25) is 11.8 Å². The Balaban J connectivity index is 1.49. The van der Waals surface area contributed by atoms with E-state index in [0.717, 1.165) is 27.6 Å². The zero-order valence-electron chi connectivity index (χ0n) is 20.4. The van der Waals surface area contributed by atoms with Gasteiger partial charge in [0, 0.05) is 59.5 Å². The fraction of sp³-hybridized carbons (Fsp3) is 0.222. The highest BCUT2D eigenvalue weighted by Gasteiger charge is 2.23. The van der Waals surface area contributed by atoms with E-state index in [1.165, 1.54) is 6.08 Å². The minimum Gasteiger partial charge on any atom is -0.468 e. The largest absolute Gasteiger partial charge is 0.468 e. The molecule has 186 valence electrons. The van der Waals surface area contributed by atoms with Gasteiger partial charge in [-0.2, -0.15) is 5.26 Å². The van der Waals surface area contributed by atoms with Crippen molar-refractivity contribution >= 4 is 22.6 Å². The third-order valence-electron chi connectivity index (χ3n) is 5.78. The maximum Gasteiger partial charge on any atom is 0.248 e. The van der Waals surface area contributed by atoms with Crippen molar-refractivity contribution in [1.82, 2.24) is 24.8 Å². The Bertz CT molecular complexity index is 1520. The first-order chi connectivity index (χ1) is 18.0. The van der Waals surface area contributed by atoms with Crippen LogP contribution in [0.3, 0.4) is 0 Å². The molecule has 0 unspecified atom stereocenters. The third kappa shape index (κ3) is 5.48. The van der Waals surface area contributed by atoms with Crippen LogP contribution in [0.25, 0.3) is 33.3 Å². The van der Waals surface area contributed by atoms with E-state index in [0.29, 0.717) is 42.7 Å². The van der Waals surface area contributed by atoms with Gasteiger partial charge >= 0.3 is 0 Å². The summed E-state index contributed by atoms with van der Waals surface area (Å²) < 4.78 is 11.1. The van der Waals surface area contributed by atoms with Crippen molar-refractivity contribution in [2.75, 3.05) is 39.2 Å². The molecular formula is C27H25N7O3. The van der Waals surface area contributed by atoms with Gasteiger partial charge in [0.1, 0.15) is 29.2 Å². The molecule has 1 fully saturated rings. The number of aromatic amines is 1. The second-order valence-corrected chi connectivity index (χ2v) is 8.87. The predicted molar refractivity (Wildman–Crippen MR) is 139 cm³/mol. The fourth-order valence-corrected chi connectivity index (χ4v) is 3.84. The molecule has 1 saturated heterocycles. The van der Waals surface area contributed by atoms with Crippen LogP contribution in [0.2, 0.25) is 0 Å². The normalized spacial score (nSPS) is 13.6. The zero-order chi connectivity index (χ0) is 25.8. The molecule has 0 spiro atoms. The molecule has 0 saturated carbocycles. The highest BCUT2D eigenvalue weighted by molar-refractivity contribution is 6.01. The van der Waals surface area contributed by atoms with Crippen LogP contribution in [0, 0.1) is 11.3 Å². The second-order valence-electron chi connectivity index (χ2n) is 8.87. The molecule has 0 radical (unpaired) electrons. The van der Waals surface area contributed by atoms with Crippen molar-refractivity contribution in [2.45, 2.75) is 6.10 Å². The van der Waals surface area contributed by atoms with Gasteiger partial charge in [0.05, 0.1) is 13.2 Å². The molecular weight excluding hydrogens is 470 g/mol. The van der Waals surface area contributed by atoms with E-state index in [4.69, 9.17) is 9.47 Å². The van der Waals surface area contributed by atoms with E-state index in [-0.39, 0.29) is 12.0 Å². The molecule has 0 atom stereocenters. The molecule has 0 aliphatic carbocycles. The third-order valence-corrected chi connectivity index (χ3v) is 5.78. The summed E-state index contributed by atoms with van der Waals surface area (Å²) in [6, 6.07) is 9.50. The van der Waals surface area contributed by atoms with Gasteiger partial charge in [-0.15, -0.1) is 0 Å². The number of likely N-dealkylation sites (N-methyl/N-ethyl adjacent to an activating group) is 1. The number of carbonyl (C=O) groups excluding carboxylic acids is 1. The van der Waals surface area contributed by atoms with Gasteiger partial charge in [-0.3, -0.25) is 4.79 Å². The van der Waals surface area contributed by atoms with Crippen LogP contribution >= 0.6 is 0 Å². The maximum absolute atomic E-state index is 12.6. The Morgan fingerprint density at radius 1 is 1.22 bits per heavy atom. The van der Waals surface area contributed by atoms with Gasteiger partial charge in [-0.05, 0) is 43.9 Å². The number of rotatable bonds is 8. The van der Waals surface area contributed by atoms with Gasteiger partial charge < -0.3 is 24.7 Å². The lowest BCUT2D eigenvalue weighted by Crippen LogP contribution is -2.39. The lowest BCUT2D eigenvalue weighted by molar-refractivity contribution is -0.112. The molecule has 2 N–H and O–H groups in total. The smallest absolute Gasteiger partial charge is 0.248 e. The first-order valence-electron chi connectivity index (χ1n) is 11.7. The van der Waals surface area contributed by atoms with Crippen molar-refractivity contribution in [1.29, 1.82) is 5.26 Å². The van der Waals surface area contributed by atoms with Crippen molar-refractivity contribution in [3.63, 3.8) is 0 Å². The molecule has 0 aromatic carbocycles. The second kappa shape index (κ2) is 10.6. The van der Waals surface area contributed by atoms with Gasteiger partial charge in [-0.25, -0.2) is 15.0 Å². The van der Waals surface area contributed by atoms with E-state index < -0.39 is 0 Å². The Morgan fingerprint density at radius 2 is 2.03 bits per heavy atom. The number of nitrogens with zero attached hydrogens (tertiary/aromatic N) is 5. The van der Waals surface area contributed by atoms with Crippen LogP contribution in [0.1, 0.15) is 5.69 Å². The molecule has 4 aromatic rings. The summed E-state index contributed by atoms with van der Waals surface area (Å²) in [4.78, 5) is 30.9. The number of anilines is 1. The quantitative estimate of drug-likeness (QED) is 0.356. The first kappa shape index (κ1) is 24.1. The van der Waals surface area contributed by atoms with Gasteiger partial charge in [0.25, 0.3) is 0 Å². The lowest BCUT2D eigenvalue weighted by Gasteiger charge is -2.27. The fourth-order valence-electron chi connectivity index (χ4n) is 3.84. The van der Waals surface area contributed by atoms with Crippen molar-refractivity contribution < 1.29 is 14.3 Å². The topological polar surface area (TPSA) is 129 Å². The summed E-state index contributed by atoms with van der Waals surface area (Å²) in [5.74, 6) is 0.0617. The minimum atomic E-state index is -0.275. The van der Waals surface area contributed by atoms with Crippen LogP contribution in [0.4, 0.5) is 5.69 Å². The number of ether oxygens (including phenoxy) is 2. The number of H-pyrrole nitrogens is 1. The summed E-state index contributed by atoms with van der Waals surface area (Å²) in [5.41, 5.74) is 4.86. The number of nitrogens with one attached hydrogen (secondary N) is 2. The molecule has 1 amide bonds.